The number of halogens is 4. The van der Waals surface area contributed by atoms with Gasteiger partial charge >= 0.3 is 6.18 Å². The highest BCUT2D eigenvalue weighted by atomic mass is 35.5. The lowest BCUT2D eigenvalue weighted by Crippen LogP contribution is -2.34. The summed E-state index contributed by atoms with van der Waals surface area (Å²) in [7, 11) is 0. The van der Waals surface area contributed by atoms with Crippen molar-refractivity contribution in [2.45, 2.75) is 24.6 Å². The van der Waals surface area contributed by atoms with Crippen LogP contribution in [0, 0.1) is 0 Å². The van der Waals surface area contributed by atoms with Gasteiger partial charge in [-0.3, -0.25) is 5.10 Å². The van der Waals surface area contributed by atoms with Crippen LogP contribution in [0.1, 0.15) is 24.2 Å². The van der Waals surface area contributed by atoms with Crippen LogP contribution in [-0.2, 0) is 16.5 Å². The van der Waals surface area contributed by atoms with E-state index in [-0.39, 0.29) is 22.5 Å². The highest BCUT2D eigenvalue weighted by Gasteiger charge is 2.36. The van der Waals surface area contributed by atoms with Crippen molar-refractivity contribution < 1.29 is 23.0 Å². The Hall–Kier alpha value is -1.84. The van der Waals surface area contributed by atoms with Crippen molar-refractivity contribution >= 4 is 23.2 Å². The predicted octanol–water partition coefficient (Wildman–Crippen LogP) is 3.22. The van der Waals surface area contributed by atoms with Crippen molar-refractivity contribution in [3.8, 4) is 0 Å². The number of ether oxygens (including phenoxy) is 1. The van der Waals surface area contributed by atoms with E-state index in [1.807, 2.05) is 0 Å². The third kappa shape index (κ3) is 3.47. The molecule has 130 valence electrons. The van der Waals surface area contributed by atoms with Crippen molar-refractivity contribution in [3.63, 3.8) is 0 Å². The standard InChI is InChI=1S/C14H14ClF3N4O2/c15-10-2-1-8(7-9(10)14(16,17)18)19-12-20-11(21-22-12)13(23)3-5-24-6-4-13/h1-2,7,23H,3-6H2,(H2,19,20,21,22). The van der Waals surface area contributed by atoms with Crippen LogP contribution in [-0.4, -0.2) is 33.5 Å². The zero-order chi connectivity index (χ0) is 17.4. The minimum absolute atomic E-state index is 0.0559. The Labute approximate surface area is 140 Å². The molecule has 1 aliphatic rings. The summed E-state index contributed by atoms with van der Waals surface area (Å²) >= 11 is 5.58. The molecule has 1 aliphatic heterocycles. The summed E-state index contributed by atoms with van der Waals surface area (Å²) in [5, 5.41) is 19.3. The van der Waals surface area contributed by atoms with Crippen molar-refractivity contribution in [2.75, 3.05) is 18.5 Å². The van der Waals surface area contributed by atoms with Gasteiger partial charge in [-0.1, -0.05) is 11.6 Å². The molecule has 0 radical (unpaired) electrons. The highest BCUT2D eigenvalue weighted by Crippen LogP contribution is 2.36. The van der Waals surface area contributed by atoms with Gasteiger partial charge < -0.3 is 15.2 Å². The molecule has 0 bridgehead atoms. The number of alkyl halides is 3. The van der Waals surface area contributed by atoms with Gasteiger partial charge in [0.25, 0.3) is 0 Å². The molecule has 1 aromatic heterocycles. The van der Waals surface area contributed by atoms with Gasteiger partial charge in [-0.05, 0) is 18.2 Å². The highest BCUT2D eigenvalue weighted by molar-refractivity contribution is 6.31. The molecule has 24 heavy (non-hydrogen) atoms. The summed E-state index contributed by atoms with van der Waals surface area (Å²) in [6, 6.07) is 3.41. The number of anilines is 2. The quantitative estimate of drug-likeness (QED) is 0.781. The molecule has 0 atom stereocenters. The molecule has 1 saturated heterocycles. The summed E-state index contributed by atoms with van der Waals surface area (Å²) in [6.07, 6.45) is -3.84. The second kappa shape index (κ2) is 6.23. The normalized spacial score (nSPS) is 17.7. The number of aliphatic hydroxyl groups is 1. The fourth-order valence-electron chi connectivity index (χ4n) is 2.42. The molecule has 0 spiro atoms. The van der Waals surface area contributed by atoms with Crippen molar-refractivity contribution in [1.82, 2.24) is 15.2 Å². The zero-order valence-corrected chi connectivity index (χ0v) is 13.1. The maximum atomic E-state index is 12.9. The Kier molecular flexibility index (Phi) is 4.41. The van der Waals surface area contributed by atoms with Gasteiger partial charge in [-0.15, -0.1) is 5.10 Å². The average Bonchev–Trinajstić information content (AvgIpc) is 2.98. The molecule has 0 unspecified atom stereocenters. The molecule has 0 saturated carbocycles. The molecule has 10 heteroatoms. The second-order valence-corrected chi connectivity index (χ2v) is 5.88. The predicted molar refractivity (Wildman–Crippen MR) is 80.1 cm³/mol. The minimum Gasteiger partial charge on any atom is -0.382 e. The minimum atomic E-state index is -4.56. The fraction of sp³-hybridized carbons (Fsp3) is 0.429. The van der Waals surface area contributed by atoms with E-state index in [2.05, 4.69) is 20.5 Å². The number of aromatic amines is 1. The van der Waals surface area contributed by atoms with Gasteiger partial charge in [0.15, 0.2) is 5.82 Å². The number of rotatable bonds is 3. The largest absolute Gasteiger partial charge is 0.417 e. The van der Waals surface area contributed by atoms with Crippen LogP contribution in [0.5, 0.6) is 0 Å². The Bertz CT molecular complexity index is 729. The van der Waals surface area contributed by atoms with Crippen LogP contribution < -0.4 is 5.32 Å². The maximum Gasteiger partial charge on any atom is 0.417 e. The molecule has 3 rings (SSSR count). The topological polar surface area (TPSA) is 83.1 Å². The number of hydrogen-bond donors (Lipinski definition) is 3. The number of H-pyrrole nitrogens is 1. The van der Waals surface area contributed by atoms with E-state index in [0.29, 0.717) is 26.1 Å². The van der Waals surface area contributed by atoms with E-state index in [1.54, 1.807) is 0 Å². The van der Waals surface area contributed by atoms with Crippen LogP contribution in [0.3, 0.4) is 0 Å². The summed E-state index contributed by atoms with van der Waals surface area (Å²) in [5.41, 5.74) is -1.99. The van der Waals surface area contributed by atoms with Crippen LogP contribution in [0.4, 0.5) is 24.8 Å². The van der Waals surface area contributed by atoms with Crippen LogP contribution in [0.15, 0.2) is 18.2 Å². The molecule has 6 nitrogen and oxygen atoms in total. The number of nitrogens with one attached hydrogen (secondary N) is 2. The van der Waals surface area contributed by atoms with E-state index < -0.39 is 17.3 Å². The molecule has 2 heterocycles. The molecule has 0 amide bonds. The monoisotopic (exact) mass is 362 g/mol. The van der Waals surface area contributed by atoms with Crippen molar-refractivity contribution in [1.29, 1.82) is 0 Å². The zero-order valence-electron chi connectivity index (χ0n) is 12.3. The lowest BCUT2D eigenvalue weighted by atomic mass is 9.94. The first-order valence-corrected chi connectivity index (χ1v) is 7.52. The van der Waals surface area contributed by atoms with Gasteiger partial charge in [0.2, 0.25) is 5.95 Å². The van der Waals surface area contributed by atoms with E-state index in [4.69, 9.17) is 16.3 Å². The lowest BCUT2D eigenvalue weighted by molar-refractivity contribution is -0.137. The summed E-state index contributed by atoms with van der Waals surface area (Å²) < 4.78 is 43.8. The van der Waals surface area contributed by atoms with Crippen LogP contribution >= 0.6 is 11.6 Å². The van der Waals surface area contributed by atoms with Gasteiger partial charge in [-0.2, -0.15) is 18.2 Å². The Balaban J connectivity index is 1.80. The number of benzene rings is 1. The van der Waals surface area contributed by atoms with E-state index >= 15 is 0 Å². The molecule has 1 aromatic carbocycles. The van der Waals surface area contributed by atoms with Crippen molar-refractivity contribution in [3.05, 3.63) is 34.6 Å². The first-order chi connectivity index (χ1) is 11.3. The smallest absolute Gasteiger partial charge is 0.382 e. The molecule has 0 aliphatic carbocycles. The number of hydrogen-bond acceptors (Lipinski definition) is 5. The average molecular weight is 363 g/mol. The summed E-state index contributed by atoms with van der Waals surface area (Å²) in [5.74, 6) is 0.304. The second-order valence-electron chi connectivity index (χ2n) is 5.47. The Morgan fingerprint density at radius 1 is 1.29 bits per heavy atom. The van der Waals surface area contributed by atoms with Gasteiger partial charge in [0, 0.05) is 31.7 Å². The first-order valence-electron chi connectivity index (χ1n) is 7.15. The lowest BCUT2D eigenvalue weighted by Gasteiger charge is -2.29. The third-order valence-electron chi connectivity index (χ3n) is 3.77. The molecular formula is C14H14ClF3N4O2. The van der Waals surface area contributed by atoms with Crippen LogP contribution in [0.25, 0.3) is 0 Å². The summed E-state index contributed by atoms with van der Waals surface area (Å²) in [4.78, 5) is 4.12. The van der Waals surface area contributed by atoms with Gasteiger partial charge in [-0.25, -0.2) is 0 Å². The molecule has 3 N–H and O–H groups in total. The summed E-state index contributed by atoms with van der Waals surface area (Å²) in [6.45, 7) is 0.790. The fourth-order valence-corrected chi connectivity index (χ4v) is 2.65. The Morgan fingerprint density at radius 2 is 2.00 bits per heavy atom. The molecule has 2 aromatic rings. The number of nitrogens with zero attached hydrogens (tertiary/aromatic N) is 2. The van der Waals surface area contributed by atoms with Gasteiger partial charge in [0.1, 0.15) is 5.60 Å². The van der Waals surface area contributed by atoms with E-state index in [0.717, 1.165) is 12.1 Å². The molecule has 1 fully saturated rings. The van der Waals surface area contributed by atoms with Gasteiger partial charge in [0.05, 0.1) is 10.6 Å². The maximum absolute atomic E-state index is 12.9. The number of aromatic nitrogens is 3. The van der Waals surface area contributed by atoms with E-state index in [1.165, 1.54) is 6.07 Å². The van der Waals surface area contributed by atoms with Crippen molar-refractivity contribution in [2.24, 2.45) is 0 Å². The van der Waals surface area contributed by atoms with E-state index in [9.17, 15) is 18.3 Å². The first kappa shape index (κ1) is 17.0. The van der Waals surface area contributed by atoms with Crippen LogP contribution in [0.2, 0.25) is 5.02 Å². The SMILES string of the molecule is OC1(c2nc(Nc3ccc(Cl)c(C(F)(F)F)c3)n[nH]2)CCOCC1. The Morgan fingerprint density at radius 3 is 2.67 bits per heavy atom. The third-order valence-corrected chi connectivity index (χ3v) is 4.10. The molecular weight excluding hydrogens is 349 g/mol.